The zero-order valence-electron chi connectivity index (χ0n) is 16.7. The molecule has 1 aromatic heterocycles. The van der Waals surface area contributed by atoms with Crippen LogP contribution in [0.4, 0.5) is 11.4 Å². The first-order valence-electron chi connectivity index (χ1n) is 9.46. The highest BCUT2D eigenvalue weighted by atomic mass is 32.2. The van der Waals surface area contributed by atoms with E-state index in [0.29, 0.717) is 23.6 Å². The fraction of sp³-hybridized carbons (Fsp3) is 0.400. The van der Waals surface area contributed by atoms with E-state index in [-0.39, 0.29) is 28.5 Å². The van der Waals surface area contributed by atoms with Crippen LogP contribution in [0.15, 0.2) is 29.3 Å². The number of amides is 2. The summed E-state index contributed by atoms with van der Waals surface area (Å²) in [4.78, 5) is 29.7. The molecule has 2 atom stereocenters. The van der Waals surface area contributed by atoms with Gasteiger partial charge in [-0.25, -0.2) is 8.42 Å². The number of sulfone groups is 1. The van der Waals surface area contributed by atoms with Gasteiger partial charge in [-0.2, -0.15) is 0 Å². The maximum atomic E-state index is 12.5. The molecule has 1 unspecified atom stereocenters. The summed E-state index contributed by atoms with van der Waals surface area (Å²) in [6.07, 6.45) is 2.86. The zero-order chi connectivity index (χ0) is 21.1. The monoisotopic (exact) mass is 416 g/mol. The van der Waals surface area contributed by atoms with Crippen LogP contribution in [0.1, 0.15) is 41.4 Å². The minimum Gasteiger partial charge on any atom is -0.372 e. The molecule has 154 valence electrons. The number of nitrogens with one attached hydrogen (secondary N) is 3. The van der Waals surface area contributed by atoms with Crippen LogP contribution < -0.4 is 10.6 Å². The Bertz CT molecular complexity index is 1120. The fourth-order valence-corrected chi connectivity index (χ4v) is 4.73. The van der Waals surface area contributed by atoms with Crippen molar-refractivity contribution in [1.82, 2.24) is 9.88 Å². The Morgan fingerprint density at radius 1 is 1.17 bits per heavy atom. The van der Waals surface area contributed by atoms with Crippen LogP contribution >= 0.6 is 0 Å². The van der Waals surface area contributed by atoms with Crippen LogP contribution in [-0.2, 0) is 14.6 Å². The highest BCUT2D eigenvalue weighted by Gasteiger charge is 2.37. The normalized spacial score (nSPS) is 21.5. The highest BCUT2D eigenvalue weighted by molar-refractivity contribution is 7.90. The first-order valence-corrected chi connectivity index (χ1v) is 11.3. The summed E-state index contributed by atoms with van der Waals surface area (Å²) in [7, 11) is -1.78. The van der Waals surface area contributed by atoms with Gasteiger partial charge >= 0.3 is 0 Å². The van der Waals surface area contributed by atoms with Crippen LogP contribution in [0.5, 0.6) is 0 Å². The van der Waals surface area contributed by atoms with E-state index < -0.39 is 15.9 Å². The second-order valence-corrected chi connectivity index (χ2v) is 10.1. The predicted molar refractivity (Wildman–Crippen MR) is 110 cm³/mol. The Morgan fingerprint density at radius 3 is 2.55 bits per heavy atom. The Kier molecular flexibility index (Phi) is 4.45. The number of carbonyl (C=O) groups is 2. The predicted octanol–water partition coefficient (Wildman–Crippen LogP) is 2.02. The van der Waals surface area contributed by atoms with Gasteiger partial charge in [0.25, 0.3) is 5.91 Å². The van der Waals surface area contributed by atoms with Gasteiger partial charge in [-0.15, -0.1) is 0 Å². The largest absolute Gasteiger partial charge is 0.372 e. The molecule has 0 saturated heterocycles. The van der Waals surface area contributed by atoms with Crippen molar-refractivity contribution in [1.29, 1.82) is 0 Å². The molecule has 0 saturated carbocycles. The number of nitrogens with zero attached hydrogens (tertiary/aromatic N) is 1. The van der Waals surface area contributed by atoms with E-state index in [1.807, 2.05) is 19.9 Å². The molecule has 0 spiro atoms. The average molecular weight is 417 g/mol. The van der Waals surface area contributed by atoms with Gasteiger partial charge in [-0.05, 0) is 35.2 Å². The first kappa shape index (κ1) is 19.5. The molecule has 2 aliphatic rings. The van der Waals surface area contributed by atoms with Crippen molar-refractivity contribution in [3.8, 4) is 0 Å². The van der Waals surface area contributed by atoms with E-state index in [9.17, 15) is 18.0 Å². The second kappa shape index (κ2) is 6.62. The van der Waals surface area contributed by atoms with Crippen LogP contribution in [-0.4, -0.2) is 56.0 Å². The number of aromatic amines is 1. The van der Waals surface area contributed by atoms with Crippen molar-refractivity contribution in [3.05, 3.63) is 41.2 Å². The molecule has 1 aromatic carbocycles. The summed E-state index contributed by atoms with van der Waals surface area (Å²) >= 11 is 0. The Hall–Kier alpha value is -2.81. The van der Waals surface area contributed by atoms with Gasteiger partial charge in [0.1, 0.15) is 11.7 Å². The van der Waals surface area contributed by atoms with Gasteiger partial charge in [0.15, 0.2) is 9.84 Å². The summed E-state index contributed by atoms with van der Waals surface area (Å²) < 4.78 is 24.6. The van der Waals surface area contributed by atoms with Crippen molar-refractivity contribution in [2.45, 2.75) is 30.7 Å². The number of fused-ring (bicyclic) bond motifs is 2. The van der Waals surface area contributed by atoms with E-state index in [2.05, 4.69) is 15.6 Å². The first-order chi connectivity index (χ1) is 13.6. The zero-order valence-corrected chi connectivity index (χ0v) is 17.6. The summed E-state index contributed by atoms with van der Waals surface area (Å²) in [6.45, 7) is 4.31. The maximum Gasteiger partial charge on any atom is 0.270 e. The molecule has 0 radical (unpaired) electrons. The number of hydrogen-bond donors (Lipinski definition) is 3. The number of H-pyrrole nitrogens is 1. The van der Waals surface area contributed by atoms with Crippen molar-refractivity contribution in [2.24, 2.45) is 5.92 Å². The third kappa shape index (κ3) is 3.19. The molecule has 0 bridgehead atoms. The molecule has 3 heterocycles. The summed E-state index contributed by atoms with van der Waals surface area (Å²) in [5.41, 5.74) is 3.22. The Morgan fingerprint density at radius 2 is 1.90 bits per heavy atom. The molecule has 4 rings (SSSR count). The molecule has 2 amide bonds. The summed E-state index contributed by atoms with van der Waals surface area (Å²) in [5, 5.41) is 6.19. The number of carbonyl (C=O) groups excluding carboxylic acids is 2. The van der Waals surface area contributed by atoms with Crippen molar-refractivity contribution >= 4 is 33.0 Å². The average Bonchev–Trinajstić information content (AvgIpc) is 3.12. The lowest BCUT2D eigenvalue weighted by atomic mass is 9.85. The minimum atomic E-state index is -3.50. The standard InChI is InChI=1S/C20H24N4O4S/c1-10(2)16-19(25)22-15-8-11(29(4,27)28)7-13(17(15)23-16)14-9-24(3)20(26)18-12(14)5-6-21-18/h5-8,10,14,16,21,23H,9H2,1-4H3,(H,22,25)/t14?,16-/m1/s1. The Labute approximate surface area is 169 Å². The van der Waals surface area contributed by atoms with Crippen molar-refractivity contribution < 1.29 is 18.0 Å². The second-order valence-electron chi connectivity index (χ2n) is 8.11. The molecule has 9 heteroatoms. The Balaban J connectivity index is 1.94. The number of anilines is 2. The molecule has 2 aliphatic heterocycles. The van der Waals surface area contributed by atoms with Gasteiger partial charge in [0, 0.05) is 32.0 Å². The molecule has 2 aromatic rings. The van der Waals surface area contributed by atoms with Crippen molar-refractivity contribution in [3.63, 3.8) is 0 Å². The van der Waals surface area contributed by atoms with Gasteiger partial charge in [-0.3, -0.25) is 9.59 Å². The third-order valence-corrected chi connectivity index (χ3v) is 6.72. The fourth-order valence-electron chi connectivity index (χ4n) is 4.06. The quantitative estimate of drug-likeness (QED) is 0.709. The summed E-state index contributed by atoms with van der Waals surface area (Å²) in [5.74, 6) is -0.480. The molecule has 29 heavy (non-hydrogen) atoms. The lowest BCUT2D eigenvalue weighted by molar-refractivity contribution is -0.117. The van der Waals surface area contributed by atoms with Crippen LogP contribution in [0.25, 0.3) is 0 Å². The topological polar surface area (TPSA) is 111 Å². The lowest BCUT2D eigenvalue weighted by Crippen LogP contribution is -2.43. The number of hydrogen-bond acceptors (Lipinski definition) is 5. The number of likely N-dealkylation sites (N-methyl/N-ethyl adjacent to an activating group) is 1. The maximum absolute atomic E-state index is 12.5. The van der Waals surface area contributed by atoms with Crippen LogP contribution in [0, 0.1) is 5.92 Å². The molecule has 8 nitrogen and oxygen atoms in total. The third-order valence-electron chi connectivity index (χ3n) is 5.62. The van der Waals surface area contributed by atoms with Gasteiger partial charge in [0.2, 0.25) is 5.91 Å². The van der Waals surface area contributed by atoms with E-state index in [4.69, 9.17) is 0 Å². The molecular weight excluding hydrogens is 392 g/mol. The highest BCUT2D eigenvalue weighted by Crippen LogP contribution is 2.43. The van der Waals surface area contributed by atoms with Gasteiger partial charge in [0.05, 0.1) is 16.3 Å². The van der Waals surface area contributed by atoms with Gasteiger partial charge < -0.3 is 20.5 Å². The summed E-state index contributed by atoms with van der Waals surface area (Å²) in [6, 6.07) is 4.57. The SMILES string of the molecule is CC(C)[C@H]1Nc2c(cc(S(C)(=O)=O)cc2C2CN(C)C(=O)c3[nH]ccc32)NC1=O. The molecule has 0 aliphatic carbocycles. The molecule has 3 N–H and O–H groups in total. The number of benzene rings is 1. The van der Waals surface area contributed by atoms with E-state index in [1.54, 1.807) is 24.2 Å². The molecule has 0 fully saturated rings. The molecular formula is C20H24N4O4S. The minimum absolute atomic E-state index is 0.0454. The smallest absolute Gasteiger partial charge is 0.270 e. The van der Waals surface area contributed by atoms with Crippen LogP contribution in [0.3, 0.4) is 0 Å². The van der Waals surface area contributed by atoms with Crippen molar-refractivity contribution in [2.75, 3.05) is 30.5 Å². The van der Waals surface area contributed by atoms with Crippen LogP contribution in [0.2, 0.25) is 0 Å². The number of aromatic nitrogens is 1. The number of rotatable bonds is 3. The van der Waals surface area contributed by atoms with Gasteiger partial charge in [-0.1, -0.05) is 13.8 Å². The van der Waals surface area contributed by atoms with E-state index in [1.165, 1.54) is 6.07 Å². The van der Waals surface area contributed by atoms with E-state index in [0.717, 1.165) is 17.4 Å². The lowest BCUT2D eigenvalue weighted by Gasteiger charge is -2.35. The van der Waals surface area contributed by atoms with E-state index >= 15 is 0 Å².